The fourth-order valence-electron chi connectivity index (χ4n) is 5.00. The Hall–Kier alpha value is -3.31. The molecule has 1 fully saturated rings. The zero-order chi connectivity index (χ0) is 31.1. The van der Waals surface area contributed by atoms with Crippen LogP contribution in [0.1, 0.15) is 48.5 Å². The number of nitrogens with two attached hydrogens (primary N) is 1. The summed E-state index contributed by atoms with van der Waals surface area (Å²) in [5.74, 6) is 0.525. The van der Waals surface area contributed by atoms with E-state index in [9.17, 15) is 18.0 Å². The largest absolute Gasteiger partial charge is 0.457 e. The first-order valence-electron chi connectivity index (χ1n) is 14.1. The molecular formula is C31H36Cl2N4O5S. The Kier molecular flexibility index (Phi) is 10.9. The van der Waals surface area contributed by atoms with Crippen molar-refractivity contribution < 1.29 is 22.7 Å². The van der Waals surface area contributed by atoms with Crippen LogP contribution in [0.3, 0.4) is 0 Å². The third kappa shape index (κ3) is 8.86. The van der Waals surface area contributed by atoms with E-state index < -0.39 is 15.7 Å². The Labute approximate surface area is 262 Å². The van der Waals surface area contributed by atoms with E-state index in [0.29, 0.717) is 23.7 Å². The lowest BCUT2D eigenvalue weighted by Crippen LogP contribution is -2.49. The summed E-state index contributed by atoms with van der Waals surface area (Å²) in [5, 5.41) is 3.22. The molecule has 0 spiro atoms. The average Bonchev–Trinajstić information content (AvgIpc) is 2.96. The molecule has 3 N–H and O–H groups in total. The molecule has 4 rings (SSSR count). The lowest BCUT2D eigenvalue weighted by molar-refractivity contribution is 0.1000. The maximum atomic E-state index is 13.4. The van der Waals surface area contributed by atoms with Crippen molar-refractivity contribution in [3.63, 3.8) is 0 Å². The number of benzene rings is 3. The van der Waals surface area contributed by atoms with Gasteiger partial charge in [0.25, 0.3) is 0 Å². The maximum absolute atomic E-state index is 13.4. The predicted octanol–water partition coefficient (Wildman–Crippen LogP) is 6.59. The summed E-state index contributed by atoms with van der Waals surface area (Å²) in [4.78, 5) is 29.6. The van der Waals surface area contributed by atoms with E-state index in [1.165, 1.54) is 30.5 Å². The van der Waals surface area contributed by atoms with Gasteiger partial charge in [0.2, 0.25) is 5.91 Å². The van der Waals surface area contributed by atoms with Crippen LogP contribution in [-0.2, 0) is 16.4 Å². The molecule has 1 aliphatic rings. The molecule has 12 heteroatoms. The highest BCUT2D eigenvalue weighted by Gasteiger charge is 2.28. The molecule has 0 atom stereocenters. The monoisotopic (exact) mass is 646 g/mol. The van der Waals surface area contributed by atoms with Gasteiger partial charge < -0.3 is 20.7 Å². The van der Waals surface area contributed by atoms with Crippen molar-refractivity contribution in [2.75, 3.05) is 31.2 Å². The number of halogens is 2. The van der Waals surface area contributed by atoms with Crippen molar-refractivity contribution in [3.05, 3.63) is 81.8 Å². The number of anilines is 1. The first kappa shape index (κ1) is 32.6. The third-order valence-corrected chi connectivity index (χ3v) is 9.15. The van der Waals surface area contributed by atoms with Gasteiger partial charge in [-0.1, -0.05) is 48.7 Å². The van der Waals surface area contributed by atoms with Crippen LogP contribution in [-0.4, -0.2) is 62.1 Å². The first-order chi connectivity index (χ1) is 20.4. The summed E-state index contributed by atoms with van der Waals surface area (Å²) in [5.41, 5.74) is 6.94. The van der Waals surface area contributed by atoms with Gasteiger partial charge in [-0.2, -0.15) is 0 Å². The Morgan fingerprint density at radius 3 is 2.16 bits per heavy atom. The normalized spacial score (nSPS) is 14.3. The molecule has 0 aromatic heterocycles. The fourth-order valence-corrected chi connectivity index (χ4v) is 6.15. The van der Waals surface area contributed by atoms with Crippen LogP contribution in [0.15, 0.2) is 65.6 Å². The number of nitrogens with one attached hydrogen (secondary N) is 1. The molecule has 3 aromatic rings. The fraction of sp³-hybridized carbons (Fsp3) is 0.355. The van der Waals surface area contributed by atoms with Crippen molar-refractivity contribution in [2.45, 2.75) is 50.1 Å². The van der Waals surface area contributed by atoms with Crippen molar-refractivity contribution in [1.82, 2.24) is 9.80 Å². The number of sulfone groups is 1. The minimum Gasteiger partial charge on any atom is -0.457 e. The Bertz CT molecular complexity index is 1540. The van der Waals surface area contributed by atoms with Gasteiger partial charge in [-0.3, -0.25) is 9.69 Å². The predicted molar refractivity (Wildman–Crippen MR) is 170 cm³/mol. The summed E-state index contributed by atoms with van der Waals surface area (Å²) < 4.78 is 29.2. The van der Waals surface area contributed by atoms with Crippen LogP contribution in [0.5, 0.6) is 11.5 Å². The molecule has 0 unspecified atom stereocenters. The SMILES string of the molecule is CCCCN(C(=O)Nc1cc(C(N)=O)c(Cl)cc1Cl)C1CCN(Cc2ccc(Oc3ccc(S(C)(=O)=O)cc3)cc2)CC1. The number of hydrogen-bond donors (Lipinski definition) is 2. The molecule has 1 aliphatic heterocycles. The van der Waals surface area contributed by atoms with Gasteiger partial charge in [0.1, 0.15) is 11.5 Å². The number of amides is 3. The summed E-state index contributed by atoms with van der Waals surface area (Å²) in [7, 11) is -3.25. The average molecular weight is 648 g/mol. The third-order valence-electron chi connectivity index (χ3n) is 7.39. The molecule has 0 saturated carbocycles. The number of hydrogen-bond acceptors (Lipinski definition) is 6. The van der Waals surface area contributed by atoms with E-state index in [4.69, 9.17) is 33.7 Å². The summed E-state index contributed by atoms with van der Waals surface area (Å²) in [6.07, 6.45) is 4.63. The van der Waals surface area contributed by atoms with Crippen molar-refractivity contribution in [3.8, 4) is 11.5 Å². The Morgan fingerprint density at radius 1 is 1.00 bits per heavy atom. The molecule has 230 valence electrons. The van der Waals surface area contributed by atoms with E-state index in [1.807, 2.05) is 29.2 Å². The second-order valence-electron chi connectivity index (χ2n) is 10.7. The van der Waals surface area contributed by atoms with E-state index in [2.05, 4.69) is 17.1 Å². The molecule has 9 nitrogen and oxygen atoms in total. The number of nitrogens with zero attached hydrogens (tertiary/aromatic N) is 2. The number of ether oxygens (including phenoxy) is 1. The van der Waals surface area contributed by atoms with Gasteiger partial charge in [-0.25, -0.2) is 13.2 Å². The van der Waals surface area contributed by atoms with Crippen LogP contribution in [0, 0.1) is 0 Å². The molecule has 3 aromatic carbocycles. The second-order valence-corrected chi connectivity index (χ2v) is 13.5. The lowest BCUT2D eigenvalue weighted by atomic mass is 10.0. The highest BCUT2D eigenvalue weighted by atomic mass is 35.5. The van der Waals surface area contributed by atoms with Crippen LogP contribution in [0.25, 0.3) is 0 Å². The number of rotatable bonds is 11. The molecule has 0 bridgehead atoms. The Balaban J connectivity index is 1.33. The topological polar surface area (TPSA) is 122 Å². The molecule has 1 saturated heterocycles. The van der Waals surface area contributed by atoms with Crippen LogP contribution < -0.4 is 15.8 Å². The highest BCUT2D eigenvalue weighted by Crippen LogP contribution is 2.30. The molecular weight excluding hydrogens is 611 g/mol. The van der Waals surface area contributed by atoms with Crippen LogP contribution in [0.2, 0.25) is 10.0 Å². The Morgan fingerprint density at radius 2 is 1.60 bits per heavy atom. The second kappa shape index (κ2) is 14.4. The molecule has 43 heavy (non-hydrogen) atoms. The molecule has 3 amide bonds. The molecule has 0 radical (unpaired) electrons. The van der Waals surface area contributed by atoms with Crippen LogP contribution >= 0.6 is 23.2 Å². The van der Waals surface area contributed by atoms with Crippen molar-refractivity contribution in [1.29, 1.82) is 0 Å². The van der Waals surface area contributed by atoms with Gasteiger partial charge in [0.05, 0.1) is 26.2 Å². The minimum absolute atomic E-state index is 0.0642. The maximum Gasteiger partial charge on any atom is 0.322 e. The number of urea groups is 1. The van der Waals surface area contributed by atoms with Crippen molar-refractivity contribution in [2.24, 2.45) is 5.73 Å². The quantitative estimate of drug-likeness (QED) is 0.242. The van der Waals surface area contributed by atoms with E-state index in [1.54, 1.807) is 12.1 Å². The minimum atomic E-state index is -3.25. The number of likely N-dealkylation sites (tertiary alicyclic amines) is 1. The summed E-state index contributed by atoms with van der Waals surface area (Å²) in [6.45, 7) is 5.13. The van der Waals surface area contributed by atoms with E-state index in [0.717, 1.165) is 50.9 Å². The van der Waals surface area contributed by atoms with Gasteiger partial charge in [-0.15, -0.1) is 0 Å². The summed E-state index contributed by atoms with van der Waals surface area (Å²) in [6, 6.07) is 16.8. The molecule has 1 heterocycles. The number of piperidine rings is 1. The van der Waals surface area contributed by atoms with Crippen LogP contribution in [0.4, 0.5) is 10.5 Å². The van der Waals surface area contributed by atoms with Gasteiger partial charge in [-0.05, 0) is 73.4 Å². The van der Waals surface area contributed by atoms with Gasteiger partial charge in [0, 0.05) is 38.5 Å². The smallest absolute Gasteiger partial charge is 0.322 e. The zero-order valence-electron chi connectivity index (χ0n) is 24.2. The number of unbranched alkanes of at least 4 members (excludes halogenated alkanes) is 1. The number of primary amides is 1. The first-order valence-corrected chi connectivity index (χ1v) is 16.7. The molecule has 0 aliphatic carbocycles. The highest BCUT2D eigenvalue weighted by molar-refractivity contribution is 7.90. The zero-order valence-corrected chi connectivity index (χ0v) is 26.5. The number of carbonyl (C=O) groups is 2. The van der Waals surface area contributed by atoms with Crippen molar-refractivity contribution >= 4 is 50.7 Å². The van der Waals surface area contributed by atoms with Gasteiger partial charge in [0.15, 0.2) is 9.84 Å². The summed E-state index contributed by atoms with van der Waals surface area (Å²) >= 11 is 12.4. The van der Waals surface area contributed by atoms with E-state index in [-0.39, 0.29) is 32.6 Å². The lowest BCUT2D eigenvalue weighted by Gasteiger charge is -2.38. The standard InChI is InChI=1S/C31H36Cl2N4O5S/c1-3-4-15-37(31(39)35-29-18-26(30(34)38)27(32)19-28(29)33)22-13-16-36(17-14-22)20-21-5-7-23(8-6-21)42-24-9-11-25(12-10-24)43(2,40)41/h5-12,18-19,22H,3-4,13-17,20H2,1-2H3,(H2,34,38)(H,35,39). The van der Waals surface area contributed by atoms with Gasteiger partial charge >= 0.3 is 6.03 Å². The number of carbonyl (C=O) groups excluding carboxylic acids is 2. The van der Waals surface area contributed by atoms with E-state index >= 15 is 0 Å².